The van der Waals surface area contributed by atoms with E-state index in [1.165, 1.54) is 7.11 Å². The maximum atomic E-state index is 12.3. The molecular formula is C15H19N3O4S. The number of carbonyl (C=O) groups excluding carboxylic acids is 2. The molecule has 0 unspecified atom stereocenters. The van der Waals surface area contributed by atoms with Gasteiger partial charge in [-0.1, -0.05) is 0 Å². The molecule has 2 fully saturated rings. The lowest BCUT2D eigenvalue weighted by Crippen LogP contribution is -2.46. The topological polar surface area (TPSA) is 73.7 Å². The number of methoxy groups -OCH3 is 1. The van der Waals surface area contributed by atoms with E-state index in [-0.39, 0.29) is 23.1 Å². The van der Waals surface area contributed by atoms with E-state index in [1.54, 1.807) is 28.2 Å². The van der Waals surface area contributed by atoms with Gasteiger partial charge in [0.2, 0.25) is 5.91 Å². The molecule has 3 heterocycles. The molecule has 1 aromatic heterocycles. The van der Waals surface area contributed by atoms with Crippen LogP contribution in [0.3, 0.4) is 0 Å². The third-order valence-corrected chi connectivity index (χ3v) is 4.83. The van der Waals surface area contributed by atoms with Gasteiger partial charge in [0.25, 0.3) is 5.17 Å². The van der Waals surface area contributed by atoms with E-state index in [0.29, 0.717) is 19.4 Å². The van der Waals surface area contributed by atoms with Gasteiger partial charge in [0.1, 0.15) is 18.3 Å². The number of nitrogens with zero attached hydrogens (tertiary/aromatic N) is 3. The summed E-state index contributed by atoms with van der Waals surface area (Å²) in [7, 11) is 1.36. The van der Waals surface area contributed by atoms with Crippen LogP contribution in [0.25, 0.3) is 0 Å². The number of hydrogen-bond donors (Lipinski definition) is 0. The number of rotatable bonds is 2. The average molecular weight is 337 g/mol. The molecular weight excluding hydrogens is 318 g/mol. The summed E-state index contributed by atoms with van der Waals surface area (Å²) in [5.41, 5.74) is 0. The number of fused-ring (bicyclic) bond motifs is 1. The highest BCUT2D eigenvalue weighted by atomic mass is 32.1. The molecule has 0 aromatic carbocycles. The SMILES string of the molecule is COC(=O)[C@H]1[C@@H](OC(=S)n2ccnc2)CCC(=O)N2CCC[C@@H]12. The Morgan fingerprint density at radius 2 is 2.26 bits per heavy atom. The Bertz CT molecular complexity index is 604. The monoisotopic (exact) mass is 337 g/mol. The molecule has 2 aliphatic rings. The van der Waals surface area contributed by atoms with Gasteiger partial charge in [-0.3, -0.25) is 14.2 Å². The van der Waals surface area contributed by atoms with Gasteiger partial charge >= 0.3 is 5.97 Å². The van der Waals surface area contributed by atoms with Crippen LogP contribution in [0.4, 0.5) is 0 Å². The van der Waals surface area contributed by atoms with Crippen LogP contribution in [-0.2, 0) is 19.1 Å². The van der Waals surface area contributed by atoms with Crippen LogP contribution in [0.5, 0.6) is 0 Å². The van der Waals surface area contributed by atoms with Gasteiger partial charge in [0.15, 0.2) is 0 Å². The molecule has 8 heteroatoms. The molecule has 0 bridgehead atoms. The summed E-state index contributed by atoms with van der Waals surface area (Å²) < 4.78 is 12.4. The number of thiocarbonyl (C=S) groups is 1. The van der Waals surface area contributed by atoms with E-state index in [4.69, 9.17) is 21.7 Å². The van der Waals surface area contributed by atoms with Gasteiger partial charge in [-0.2, -0.15) is 0 Å². The highest BCUT2D eigenvalue weighted by Gasteiger charge is 2.47. The first-order chi connectivity index (χ1) is 11.1. The Morgan fingerprint density at radius 1 is 1.43 bits per heavy atom. The number of amides is 1. The van der Waals surface area contributed by atoms with Gasteiger partial charge < -0.3 is 14.4 Å². The predicted molar refractivity (Wildman–Crippen MR) is 84.6 cm³/mol. The number of aromatic nitrogens is 2. The fourth-order valence-corrected chi connectivity index (χ4v) is 3.68. The molecule has 1 aromatic rings. The van der Waals surface area contributed by atoms with Crippen molar-refractivity contribution < 1.29 is 19.1 Å². The molecule has 1 amide bonds. The van der Waals surface area contributed by atoms with Crippen LogP contribution < -0.4 is 0 Å². The van der Waals surface area contributed by atoms with E-state index in [9.17, 15) is 9.59 Å². The van der Waals surface area contributed by atoms with E-state index in [2.05, 4.69) is 4.98 Å². The van der Waals surface area contributed by atoms with Gasteiger partial charge in [0, 0.05) is 31.4 Å². The number of carbonyl (C=O) groups is 2. The molecule has 0 saturated carbocycles. The lowest BCUT2D eigenvalue weighted by atomic mass is 9.91. The fraction of sp³-hybridized carbons (Fsp3) is 0.600. The third kappa shape index (κ3) is 3.08. The zero-order chi connectivity index (χ0) is 16.4. The minimum absolute atomic E-state index is 0.0704. The lowest BCUT2D eigenvalue weighted by Gasteiger charge is -2.31. The van der Waals surface area contributed by atoms with Crippen molar-refractivity contribution in [2.24, 2.45) is 5.92 Å². The number of hydrogen-bond acceptors (Lipinski definition) is 6. The normalized spacial score (nSPS) is 27.3. The van der Waals surface area contributed by atoms with Crippen molar-refractivity contribution >= 4 is 29.3 Å². The second kappa shape index (κ2) is 6.66. The van der Waals surface area contributed by atoms with Crippen LogP contribution in [0, 0.1) is 5.92 Å². The van der Waals surface area contributed by atoms with E-state index in [0.717, 1.165) is 12.8 Å². The van der Waals surface area contributed by atoms with Gasteiger partial charge in [-0.05, 0) is 31.5 Å². The second-order valence-corrected chi connectivity index (χ2v) is 6.13. The van der Waals surface area contributed by atoms with Crippen LogP contribution in [0.2, 0.25) is 0 Å². The molecule has 0 N–H and O–H groups in total. The zero-order valence-electron chi connectivity index (χ0n) is 12.9. The molecule has 2 aliphatic heterocycles. The van der Waals surface area contributed by atoms with E-state index in [1.807, 2.05) is 0 Å². The standard InChI is InChI=1S/C15H19N3O4S/c1-21-14(20)13-10-3-2-7-18(10)12(19)5-4-11(13)22-15(23)17-8-6-16-9-17/h6,8-11,13H,2-5,7H2,1H3/t10-,11-,13+/m0/s1. The van der Waals surface area contributed by atoms with Gasteiger partial charge in [-0.25, -0.2) is 4.98 Å². The first-order valence-electron chi connectivity index (χ1n) is 7.68. The summed E-state index contributed by atoms with van der Waals surface area (Å²) in [6.45, 7) is 0.690. The third-order valence-electron chi connectivity index (χ3n) is 4.52. The fourth-order valence-electron chi connectivity index (χ4n) is 3.45. The molecule has 23 heavy (non-hydrogen) atoms. The first-order valence-corrected chi connectivity index (χ1v) is 8.09. The quantitative estimate of drug-likeness (QED) is 0.591. The van der Waals surface area contributed by atoms with Crippen LogP contribution in [0.15, 0.2) is 18.7 Å². The summed E-state index contributed by atoms with van der Waals surface area (Å²) in [6.07, 6.45) is 6.81. The Balaban J connectivity index is 1.84. The highest BCUT2D eigenvalue weighted by Crippen LogP contribution is 2.34. The van der Waals surface area contributed by atoms with Gasteiger partial charge in [0.05, 0.1) is 7.11 Å². The minimum Gasteiger partial charge on any atom is -0.469 e. The van der Waals surface area contributed by atoms with Crippen molar-refractivity contribution in [2.45, 2.75) is 37.8 Å². The smallest absolute Gasteiger partial charge is 0.314 e. The summed E-state index contributed by atoms with van der Waals surface area (Å²) >= 11 is 5.27. The molecule has 3 rings (SSSR count). The van der Waals surface area contributed by atoms with Crippen molar-refractivity contribution in [3.63, 3.8) is 0 Å². The largest absolute Gasteiger partial charge is 0.469 e. The number of ether oxygens (including phenoxy) is 2. The van der Waals surface area contributed by atoms with Crippen molar-refractivity contribution in [1.82, 2.24) is 14.5 Å². The molecule has 7 nitrogen and oxygen atoms in total. The molecule has 0 aliphatic carbocycles. The van der Waals surface area contributed by atoms with E-state index < -0.39 is 12.0 Å². The van der Waals surface area contributed by atoms with E-state index >= 15 is 0 Å². The maximum Gasteiger partial charge on any atom is 0.314 e. The summed E-state index contributed by atoms with van der Waals surface area (Å²) in [6, 6.07) is -0.173. The summed E-state index contributed by atoms with van der Waals surface area (Å²) in [5, 5.41) is 0.222. The Labute approximate surface area is 139 Å². The Hall–Kier alpha value is -1.96. The summed E-state index contributed by atoms with van der Waals surface area (Å²) in [5.74, 6) is -0.800. The molecule has 3 atom stereocenters. The van der Waals surface area contributed by atoms with Crippen molar-refractivity contribution in [3.8, 4) is 0 Å². The molecule has 0 radical (unpaired) electrons. The van der Waals surface area contributed by atoms with Crippen LogP contribution in [0.1, 0.15) is 25.7 Å². The first kappa shape index (κ1) is 15.9. The van der Waals surface area contributed by atoms with Crippen molar-refractivity contribution in [3.05, 3.63) is 18.7 Å². The van der Waals surface area contributed by atoms with Crippen molar-refractivity contribution in [1.29, 1.82) is 0 Å². The highest BCUT2D eigenvalue weighted by molar-refractivity contribution is 7.80. The van der Waals surface area contributed by atoms with Crippen LogP contribution in [-0.4, -0.2) is 57.3 Å². The van der Waals surface area contributed by atoms with Gasteiger partial charge in [-0.15, -0.1) is 0 Å². The van der Waals surface area contributed by atoms with Crippen molar-refractivity contribution in [2.75, 3.05) is 13.7 Å². The predicted octanol–water partition coefficient (Wildman–Crippen LogP) is 0.975. The lowest BCUT2D eigenvalue weighted by molar-refractivity contribution is -0.152. The maximum absolute atomic E-state index is 12.3. The second-order valence-electron chi connectivity index (χ2n) is 5.78. The minimum atomic E-state index is -0.518. The molecule has 0 spiro atoms. The van der Waals surface area contributed by atoms with Crippen LogP contribution >= 0.6 is 12.2 Å². The Kier molecular flexibility index (Phi) is 4.61. The molecule has 2 saturated heterocycles. The number of esters is 1. The average Bonchev–Trinajstić information content (AvgIpc) is 3.21. The molecule has 124 valence electrons. The zero-order valence-corrected chi connectivity index (χ0v) is 13.7. The Morgan fingerprint density at radius 3 is 2.96 bits per heavy atom. The number of imidazole rings is 1. The summed E-state index contributed by atoms with van der Waals surface area (Å²) in [4.78, 5) is 30.4.